The molecule has 2 aromatic carbocycles. The van der Waals surface area contributed by atoms with Gasteiger partial charge in [-0.25, -0.2) is 0 Å². The van der Waals surface area contributed by atoms with Crippen LogP contribution in [-0.4, -0.2) is 12.5 Å². The molecular weight excluding hydrogens is 439 g/mol. The van der Waals surface area contributed by atoms with E-state index in [0.717, 1.165) is 9.13 Å². The summed E-state index contributed by atoms with van der Waals surface area (Å²) in [5, 5.41) is 12.5. The van der Waals surface area contributed by atoms with Crippen molar-refractivity contribution < 1.29 is 9.53 Å². The van der Waals surface area contributed by atoms with Crippen molar-refractivity contribution in [2.45, 2.75) is 6.92 Å². The van der Waals surface area contributed by atoms with E-state index < -0.39 is 5.91 Å². The SMILES string of the molecule is CCOc1cc(I)cc(/C=C(\C#N)C(=O)Nc2ccc(Cl)cc2)c1. The highest BCUT2D eigenvalue weighted by Crippen LogP contribution is 2.21. The summed E-state index contributed by atoms with van der Waals surface area (Å²) in [5.41, 5.74) is 1.31. The molecule has 24 heavy (non-hydrogen) atoms. The number of hydrogen-bond acceptors (Lipinski definition) is 3. The van der Waals surface area contributed by atoms with Crippen LogP contribution in [-0.2, 0) is 4.79 Å². The summed E-state index contributed by atoms with van der Waals surface area (Å²) < 4.78 is 6.44. The second-order valence-corrected chi connectivity index (χ2v) is 6.47. The van der Waals surface area contributed by atoms with E-state index in [1.807, 2.05) is 25.1 Å². The van der Waals surface area contributed by atoms with Gasteiger partial charge in [-0.1, -0.05) is 11.6 Å². The lowest BCUT2D eigenvalue weighted by molar-refractivity contribution is -0.112. The molecule has 0 heterocycles. The van der Waals surface area contributed by atoms with E-state index in [1.54, 1.807) is 30.3 Å². The number of nitrogens with one attached hydrogen (secondary N) is 1. The van der Waals surface area contributed by atoms with Crippen LogP contribution in [0.4, 0.5) is 5.69 Å². The first-order chi connectivity index (χ1) is 11.5. The molecule has 0 unspecified atom stereocenters. The molecule has 0 aliphatic rings. The summed E-state index contributed by atoms with van der Waals surface area (Å²) in [4.78, 5) is 12.3. The summed E-state index contributed by atoms with van der Waals surface area (Å²) in [7, 11) is 0. The maximum absolute atomic E-state index is 12.3. The number of halogens is 2. The van der Waals surface area contributed by atoms with Crippen molar-refractivity contribution in [1.29, 1.82) is 5.26 Å². The molecule has 1 amide bonds. The Bertz CT molecular complexity index is 811. The van der Waals surface area contributed by atoms with Gasteiger partial charge in [0.1, 0.15) is 17.4 Å². The Morgan fingerprint density at radius 1 is 1.33 bits per heavy atom. The molecule has 6 heteroatoms. The van der Waals surface area contributed by atoms with Crippen LogP contribution in [0.1, 0.15) is 12.5 Å². The number of amides is 1. The number of benzene rings is 2. The zero-order valence-electron chi connectivity index (χ0n) is 12.8. The average Bonchev–Trinajstić information content (AvgIpc) is 2.54. The summed E-state index contributed by atoms with van der Waals surface area (Å²) in [6.07, 6.45) is 1.54. The molecule has 0 aliphatic carbocycles. The van der Waals surface area contributed by atoms with Gasteiger partial charge in [0.2, 0.25) is 0 Å². The summed E-state index contributed by atoms with van der Waals surface area (Å²) >= 11 is 7.98. The number of nitriles is 1. The van der Waals surface area contributed by atoms with Gasteiger partial charge in [0.25, 0.3) is 5.91 Å². The largest absolute Gasteiger partial charge is 0.494 e. The second kappa shape index (κ2) is 8.71. The lowest BCUT2D eigenvalue weighted by Crippen LogP contribution is -2.13. The minimum atomic E-state index is -0.475. The van der Waals surface area contributed by atoms with Gasteiger partial charge in [-0.05, 0) is 83.6 Å². The van der Waals surface area contributed by atoms with Crippen LogP contribution in [0.5, 0.6) is 5.75 Å². The summed E-state index contributed by atoms with van der Waals surface area (Å²) in [6.45, 7) is 2.45. The van der Waals surface area contributed by atoms with Crippen molar-refractivity contribution in [3.8, 4) is 11.8 Å². The molecule has 0 atom stereocenters. The summed E-state index contributed by atoms with van der Waals surface area (Å²) in [5.74, 6) is 0.225. The minimum Gasteiger partial charge on any atom is -0.494 e. The zero-order valence-corrected chi connectivity index (χ0v) is 15.8. The highest BCUT2D eigenvalue weighted by atomic mass is 127. The molecule has 122 valence electrons. The molecule has 2 rings (SSSR count). The predicted molar refractivity (Wildman–Crippen MR) is 104 cm³/mol. The Morgan fingerprint density at radius 2 is 2.04 bits per heavy atom. The topological polar surface area (TPSA) is 62.1 Å². The molecule has 1 N–H and O–H groups in total. The number of anilines is 1. The normalized spacial score (nSPS) is 10.8. The average molecular weight is 453 g/mol. The van der Waals surface area contributed by atoms with E-state index in [4.69, 9.17) is 16.3 Å². The lowest BCUT2D eigenvalue weighted by atomic mass is 10.1. The quantitative estimate of drug-likeness (QED) is 0.399. The van der Waals surface area contributed by atoms with Crippen LogP contribution in [0.2, 0.25) is 5.02 Å². The van der Waals surface area contributed by atoms with Gasteiger partial charge in [-0.15, -0.1) is 0 Å². The van der Waals surface area contributed by atoms with Gasteiger partial charge in [-0.3, -0.25) is 4.79 Å². The van der Waals surface area contributed by atoms with Crippen LogP contribution in [0.25, 0.3) is 6.08 Å². The lowest BCUT2D eigenvalue weighted by Gasteiger charge is -2.07. The summed E-state index contributed by atoms with van der Waals surface area (Å²) in [6, 6.07) is 14.2. The fourth-order valence-electron chi connectivity index (χ4n) is 1.96. The van der Waals surface area contributed by atoms with Gasteiger partial charge in [0, 0.05) is 14.3 Å². The van der Waals surface area contributed by atoms with Crippen molar-refractivity contribution in [1.82, 2.24) is 0 Å². The van der Waals surface area contributed by atoms with Crippen LogP contribution >= 0.6 is 34.2 Å². The van der Waals surface area contributed by atoms with Crippen molar-refractivity contribution in [3.63, 3.8) is 0 Å². The first-order valence-corrected chi connectivity index (χ1v) is 8.59. The Kier molecular flexibility index (Phi) is 6.64. The van der Waals surface area contributed by atoms with E-state index in [2.05, 4.69) is 27.9 Å². The zero-order chi connectivity index (χ0) is 17.5. The molecule has 0 fully saturated rings. The first-order valence-electron chi connectivity index (χ1n) is 7.14. The third kappa shape index (κ3) is 5.25. The molecule has 0 saturated heterocycles. The highest BCUT2D eigenvalue weighted by Gasteiger charge is 2.10. The van der Waals surface area contributed by atoms with Crippen LogP contribution in [0.15, 0.2) is 48.0 Å². The van der Waals surface area contributed by atoms with Gasteiger partial charge in [0.15, 0.2) is 0 Å². The van der Waals surface area contributed by atoms with Crippen LogP contribution in [0.3, 0.4) is 0 Å². The molecule has 0 radical (unpaired) electrons. The maximum Gasteiger partial charge on any atom is 0.266 e. The highest BCUT2D eigenvalue weighted by molar-refractivity contribution is 14.1. The van der Waals surface area contributed by atoms with Crippen molar-refractivity contribution >= 4 is 51.9 Å². The Hall–Kier alpha value is -2.04. The van der Waals surface area contributed by atoms with E-state index >= 15 is 0 Å². The van der Waals surface area contributed by atoms with E-state index in [0.29, 0.717) is 23.1 Å². The molecular formula is C18H14ClIN2O2. The number of carbonyl (C=O) groups excluding carboxylic acids is 1. The van der Waals surface area contributed by atoms with Crippen molar-refractivity contribution in [3.05, 3.63) is 62.2 Å². The predicted octanol–water partition coefficient (Wildman–Crippen LogP) is 4.89. The number of hydrogen-bond donors (Lipinski definition) is 1. The van der Waals surface area contributed by atoms with Crippen molar-refractivity contribution in [2.75, 3.05) is 11.9 Å². The molecule has 4 nitrogen and oxygen atoms in total. The van der Waals surface area contributed by atoms with Crippen molar-refractivity contribution in [2.24, 2.45) is 0 Å². The van der Waals surface area contributed by atoms with Crippen LogP contribution < -0.4 is 10.1 Å². The van der Waals surface area contributed by atoms with Crippen LogP contribution in [0, 0.1) is 14.9 Å². The molecule has 2 aromatic rings. The second-order valence-electron chi connectivity index (χ2n) is 4.78. The number of ether oxygens (including phenoxy) is 1. The standard InChI is InChI=1S/C18H14ClIN2O2/c1-2-24-17-9-12(8-15(20)10-17)7-13(11-21)18(23)22-16-5-3-14(19)4-6-16/h3-10H,2H2,1H3,(H,22,23)/b13-7+. The van der Waals surface area contributed by atoms with Gasteiger partial charge in [0.05, 0.1) is 6.61 Å². The number of nitrogens with zero attached hydrogens (tertiary/aromatic N) is 1. The third-order valence-electron chi connectivity index (χ3n) is 2.98. The first kappa shape index (κ1) is 18.3. The maximum atomic E-state index is 12.3. The van der Waals surface area contributed by atoms with Gasteiger partial charge in [-0.2, -0.15) is 5.26 Å². The van der Waals surface area contributed by atoms with Gasteiger partial charge < -0.3 is 10.1 Å². The fraction of sp³-hybridized carbons (Fsp3) is 0.111. The number of carbonyl (C=O) groups is 1. The molecule has 0 bridgehead atoms. The molecule has 0 aromatic heterocycles. The fourth-order valence-corrected chi connectivity index (χ4v) is 2.76. The molecule has 0 spiro atoms. The Balaban J connectivity index is 2.23. The van der Waals surface area contributed by atoms with E-state index in [9.17, 15) is 10.1 Å². The minimum absolute atomic E-state index is 0.00870. The Labute approximate surface area is 159 Å². The molecule has 0 saturated carbocycles. The van der Waals surface area contributed by atoms with Gasteiger partial charge >= 0.3 is 0 Å². The Morgan fingerprint density at radius 3 is 2.67 bits per heavy atom. The van der Waals surface area contributed by atoms with E-state index in [-0.39, 0.29) is 5.57 Å². The molecule has 0 aliphatic heterocycles. The van der Waals surface area contributed by atoms with E-state index in [1.165, 1.54) is 6.08 Å². The third-order valence-corrected chi connectivity index (χ3v) is 3.86. The smallest absolute Gasteiger partial charge is 0.266 e. The monoisotopic (exact) mass is 452 g/mol. The number of rotatable bonds is 5.